The van der Waals surface area contributed by atoms with Gasteiger partial charge in [-0.2, -0.15) is 0 Å². The molecule has 152 valence electrons. The molecule has 2 N–H and O–H groups in total. The Hall–Kier alpha value is -1.38. The van der Waals surface area contributed by atoms with Gasteiger partial charge in [-0.3, -0.25) is 4.79 Å². The van der Waals surface area contributed by atoms with Crippen LogP contribution in [0, 0.1) is 0 Å². The minimum Gasteiger partial charge on any atom is -0.382 e. The molecule has 0 aromatic carbocycles. The van der Waals surface area contributed by atoms with Crippen molar-refractivity contribution in [3.05, 3.63) is 0 Å². The molecule has 1 unspecified atom stereocenters. The van der Waals surface area contributed by atoms with Crippen molar-refractivity contribution in [2.45, 2.75) is 38.7 Å². The molecule has 0 aromatic rings. The number of amides is 1. The van der Waals surface area contributed by atoms with E-state index in [1.54, 1.807) is 14.1 Å². The Morgan fingerprint density at radius 1 is 1.19 bits per heavy atom. The lowest BCUT2D eigenvalue weighted by molar-refractivity contribution is -0.127. The third-order valence-corrected chi connectivity index (χ3v) is 3.92. The second-order valence-electron chi connectivity index (χ2n) is 6.42. The number of hydrogen-bond donors (Lipinski definition) is 2. The fourth-order valence-corrected chi connectivity index (χ4v) is 2.36. The molecule has 1 rings (SSSR count). The first-order chi connectivity index (χ1) is 12.6. The molecule has 0 spiro atoms. The molecular weight excluding hydrogens is 336 g/mol. The summed E-state index contributed by atoms with van der Waals surface area (Å²) in [7, 11) is 3.46. The highest BCUT2D eigenvalue weighted by atomic mass is 16.5. The summed E-state index contributed by atoms with van der Waals surface area (Å²) in [6.07, 6.45) is 4.26. The summed E-state index contributed by atoms with van der Waals surface area (Å²) in [6.45, 7) is 7.24. The molecule has 0 aliphatic carbocycles. The molecule has 0 saturated carbocycles. The van der Waals surface area contributed by atoms with E-state index in [0.29, 0.717) is 25.8 Å². The monoisotopic (exact) mass is 372 g/mol. The van der Waals surface area contributed by atoms with Crippen molar-refractivity contribution in [2.75, 3.05) is 66.8 Å². The molecule has 1 atom stereocenters. The highest BCUT2D eigenvalue weighted by molar-refractivity contribution is 5.84. The predicted molar refractivity (Wildman–Crippen MR) is 103 cm³/mol. The van der Waals surface area contributed by atoms with Crippen LogP contribution in [0.2, 0.25) is 0 Å². The highest BCUT2D eigenvalue weighted by Gasteiger charge is 2.14. The SMILES string of the molecule is CCOCCCNC(=NCC(=O)N(C)C)NCCCOCC1CCCO1. The highest BCUT2D eigenvalue weighted by Crippen LogP contribution is 2.11. The summed E-state index contributed by atoms with van der Waals surface area (Å²) in [4.78, 5) is 17.6. The number of ether oxygens (including phenoxy) is 3. The second kappa shape index (κ2) is 14.8. The van der Waals surface area contributed by atoms with Crippen LogP contribution in [-0.2, 0) is 19.0 Å². The van der Waals surface area contributed by atoms with Crippen LogP contribution < -0.4 is 10.6 Å². The van der Waals surface area contributed by atoms with Crippen LogP contribution in [0.1, 0.15) is 32.6 Å². The first-order valence-corrected chi connectivity index (χ1v) is 9.63. The molecule has 0 radical (unpaired) electrons. The molecule has 26 heavy (non-hydrogen) atoms. The van der Waals surface area contributed by atoms with Gasteiger partial charge in [0, 0.05) is 53.6 Å². The van der Waals surface area contributed by atoms with Crippen molar-refractivity contribution in [2.24, 2.45) is 4.99 Å². The Morgan fingerprint density at radius 2 is 1.88 bits per heavy atom. The van der Waals surface area contributed by atoms with Gasteiger partial charge in [0.15, 0.2) is 5.96 Å². The maximum Gasteiger partial charge on any atom is 0.243 e. The smallest absolute Gasteiger partial charge is 0.243 e. The molecule has 1 fully saturated rings. The molecule has 8 heteroatoms. The summed E-state index contributed by atoms with van der Waals surface area (Å²) in [5.41, 5.74) is 0. The standard InChI is InChI=1S/C18H36N4O4/c1-4-24-11-6-9-19-18(21-14-17(23)22(2)3)20-10-7-12-25-15-16-8-5-13-26-16/h16H,4-15H2,1-3H3,(H2,19,20,21). The lowest BCUT2D eigenvalue weighted by Gasteiger charge is -2.14. The van der Waals surface area contributed by atoms with E-state index in [1.807, 2.05) is 6.92 Å². The fraction of sp³-hybridized carbons (Fsp3) is 0.889. The minimum absolute atomic E-state index is 0.0275. The molecule has 1 aliphatic rings. The summed E-state index contributed by atoms with van der Waals surface area (Å²) >= 11 is 0. The van der Waals surface area contributed by atoms with Crippen molar-refractivity contribution >= 4 is 11.9 Å². The van der Waals surface area contributed by atoms with Gasteiger partial charge in [0.2, 0.25) is 5.91 Å². The predicted octanol–water partition coefficient (Wildman–Crippen LogP) is 0.622. The van der Waals surface area contributed by atoms with Crippen LogP contribution in [-0.4, -0.2) is 89.6 Å². The van der Waals surface area contributed by atoms with Crippen LogP contribution in [0.5, 0.6) is 0 Å². The van der Waals surface area contributed by atoms with Gasteiger partial charge >= 0.3 is 0 Å². The van der Waals surface area contributed by atoms with E-state index in [0.717, 1.165) is 52.0 Å². The van der Waals surface area contributed by atoms with Crippen molar-refractivity contribution in [1.82, 2.24) is 15.5 Å². The van der Waals surface area contributed by atoms with Crippen LogP contribution in [0.25, 0.3) is 0 Å². The Balaban J connectivity index is 2.21. The van der Waals surface area contributed by atoms with Crippen molar-refractivity contribution < 1.29 is 19.0 Å². The van der Waals surface area contributed by atoms with E-state index in [9.17, 15) is 4.79 Å². The number of guanidine groups is 1. The Labute approximate surface area is 157 Å². The maximum absolute atomic E-state index is 11.7. The van der Waals surface area contributed by atoms with Crippen molar-refractivity contribution in [1.29, 1.82) is 0 Å². The van der Waals surface area contributed by atoms with E-state index < -0.39 is 0 Å². The number of carbonyl (C=O) groups excluding carboxylic acids is 1. The van der Waals surface area contributed by atoms with Gasteiger partial charge in [0.05, 0.1) is 12.7 Å². The number of likely N-dealkylation sites (N-methyl/N-ethyl adjacent to an activating group) is 1. The third-order valence-electron chi connectivity index (χ3n) is 3.92. The molecule has 0 bridgehead atoms. The summed E-state index contributed by atoms with van der Waals surface area (Å²) in [5, 5.41) is 6.49. The summed E-state index contributed by atoms with van der Waals surface area (Å²) in [5.74, 6) is 0.621. The number of carbonyl (C=O) groups is 1. The third kappa shape index (κ3) is 11.3. The number of nitrogens with one attached hydrogen (secondary N) is 2. The number of nitrogens with zero attached hydrogens (tertiary/aromatic N) is 2. The van der Waals surface area contributed by atoms with E-state index in [4.69, 9.17) is 14.2 Å². The Bertz CT molecular complexity index is 399. The zero-order valence-electron chi connectivity index (χ0n) is 16.6. The maximum atomic E-state index is 11.7. The van der Waals surface area contributed by atoms with Gasteiger partial charge in [-0.1, -0.05) is 0 Å². The lowest BCUT2D eigenvalue weighted by atomic mass is 10.2. The summed E-state index contributed by atoms with van der Waals surface area (Å²) in [6, 6.07) is 0. The number of aliphatic imine (C=N–C) groups is 1. The molecular formula is C18H36N4O4. The Kier molecular flexibility index (Phi) is 12.9. The number of rotatable bonds is 13. The second-order valence-corrected chi connectivity index (χ2v) is 6.42. The quantitative estimate of drug-likeness (QED) is 0.280. The van der Waals surface area contributed by atoms with Crippen molar-refractivity contribution in [3.63, 3.8) is 0 Å². The van der Waals surface area contributed by atoms with Crippen LogP contribution >= 0.6 is 0 Å². The van der Waals surface area contributed by atoms with Crippen LogP contribution in [0.3, 0.4) is 0 Å². The fourth-order valence-electron chi connectivity index (χ4n) is 2.36. The van der Waals surface area contributed by atoms with Gasteiger partial charge in [-0.25, -0.2) is 4.99 Å². The van der Waals surface area contributed by atoms with E-state index in [-0.39, 0.29) is 18.6 Å². The average molecular weight is 373 g/mol. The summed E-state index contributed by atoms with van der Waals surface area (Å²) < 4.78 is 16.5. The molecule has 1 aliphatic heterocycles. The number of hydrogen-bond acceptors (Lipinski definition) is 5. The van der Waals surface area contributed by atoms with Crippen LogP contribution in [0.15, 0.2) is 4.99 Å². The topological polar surface area (TPSA) is 84.4 Å². The zero-order valence-corrected chi connectivity index (χ0v) is 16.6. The lowest BCUT2D eigenvalue weighted by Crippen LogP contribution is -2.40. The van der Waals surface area contributed by atoms with Gasteiger partial charge in [0.25, 0.3) is 0 Å². The first kappa shape index (κ1) is 22.7. The van der Waals surface area contributed by atoms with Crippen molar-refractivity contribution in [3.8, 4) is 0 Å². The first-order valence-electron chi connectivity index (χ1n) is 9.63. The van der Waals surface area contributed by atoms with E-state index in [1.165, 1.54) is 4.90 Å². The molecule has 1 amide bonds. The normalized spacial score (nSPS) is 17.3. The van der Waals surface area contributed by atoms with E-state index >= 15 is 0 Å². The molecule has 1 saturated heterocycles. The zero-order chi connectivity index (χ0) is 19.0. The Morgan fingerprint density at radius 3 is 2.46 bits per heavy atom. The molecule has 0 aromatic heterocycles. The van der Waals surface area contributed by atoms with Gasteiger partial charge in [-0.15, -0.1) is 0 Å². The molecule has 1 heterocycles. The minimum atomic E-state index is -0.0275. The van der Waals surface area contributed by atoms with Gasteiger partial charge in [0.1, 0.15) is 6.54 Å². The molecule has 8 nitrogen and oxygen atoms in total. The van der Waals surface area contributed by atoms with Crippen LogP contribution in [0.4, 0.5) is 0 Å². The van der Waals surface area contributed by atoms with Gasteiger partial charge in [-0.05, 0) is 32.6 Å². The average Bonchev–Trinajstić information content (AvgIpc) is 3.14. The van der Waals surface area contributed by atoms with E-state index in [2.05, 4.69) is 15.6 Å². The van der Waals surface area contributed by atoms with Gasteiger partial charge < -0.3 is 29.7 Å². The largest absolute Gasteiger partial charge is 0.382 e.